The van der Waals surface area contributed by atoms with Gasteiger partial charge in [0.1, 0.15) is 7.05 Å². The lowest BCUT2D eigenvalue weighted by Crippen LogP contribution is -2.40. The fourth-order valence-corrected chi connectivity index (χ4v) is 3.93. The fraction of sp³-hybridized carbons (Fsp3) is 0.720. The van der Waals surface area contributed by atoms with Crippen LogP contribution in [0.1, 0.15) is 131 Å². The zero-order chi connectivity index (χ0) is 21.3. The monoisotopic (exact) mass is 403 g/mol. The van der Waals surface area contributed by atoms with Gasteiger partial charge in [-0.3, -0.25) is 9.59 Å². The number of carbonyl (C=O) groups excluding carboxylic acids is 2. The van der Waals surface area contributed by atoms with Gasteiger partial charge in [0.05, 0.1) is 5.56 Å². The smallest absolute Gasteiger partial charge is 0.314 e. The second kappa shape index (κ2) is 16.1. The molecule has 0 unspecified atom stereocenters. The molecule has 1 amide bonds. The Bertz CT molecular complexity index is 598. The second-order valence-electron chi connectivity index (χ2n) is 8.37. The zero-order valence-electron chi connectivity index (χ0n) is 18.9. The van der Waals surface area contributed by atoms with Gasteiger partial charge in [0, 0.05) is 12.5 Å². The minimum absolute atomic E-state index is 0.0182. The van der Waals surface area contributed by atoms with Crippen molar-refractivity contribution in [3.05, 3.63) is 29.6 Å². The van der Waals surface area contributed by atoms with Gasteiger partial charge >= 0.3 is 5.91 Å². The fourth-order valence-electron chi connectivity index (χ4n) is 3.93. The summed E-state index contributed by atoms with van der Waals surface area (Å²) in [7, 11) is 1.74. The van der Waals surface area contributed by atoms with Gasteiger partial charge in [0.15, 0.2) is 12.0 Å². The molecule has 0 spiro atoms. The summed E-state index contributed by atoms with van der Waals surface area (Å²) in [6.45, 7) is 2.27. The van der Waals surface area contributed by atoms with E-state index in [1.54, 1.807) is 29.9 Å². The lowest BCUT2D eigenvalue weighted by molar-refractivity contribution is -0.673. The Morgan fingerprint density at radius 1 is 0.793 bits per heavy atom. The Hall–Kier alpha value is -1.71. The van der Waals surface area contributed by atoms with Crippen molar-refractivity contribution in [1.29, 1.82) is 0 Å². The highest BCUT2D eigenvalue weighted by molar-refractivity contribution is 6.05. The van der Waals surface area contributed by atoms with E-state index >= 15 is 0 Å². The average Bonchev–Trinajstić information content (AvgIpc) is 2.70. The van der Waals surface area contributed by atoms with Crippen LogP contribution >= 0.6 is 0 Å². The predicted octanol–water partition coefficient (Wildman–Crippen LogP) is 6.05. The molecule has 0 saturated carbocycles. The number of carbonyl (C=O) groups is 2. The Kier molecular flexibility index (Phi) is 14.1. The van der Waals surface area contributed by atoms with E-state index in [1.807, 2.05) is 0 Å². The number of amides is 1. The minimum Gasteiger partial charge on any atom is -0.360 e. The van der Waals surface area contributed by atoms with Crippen molar-refractivity contribution < 1.29 is 14.2 Å². The van der Waals surface area contributed by atoms with Crippen LogP contribution in [0.4, 0.5) is 0 Å². The highest BCUT2D eigenvalue weighted by atomic mass is 16.1. The summed E-state index contributed by atoms with van der Waals surface area (Å²) in [5.74, 6) is -0.530. The Labute approximate surface area is 178 Å². The van der Waals surface area contributed by atoms with E-state index in [9.17, 15) is 9.59 Å². The summed E-state index contributed by atoms with van der Waals surface area (Å²) in [6, 6.07) is 3.49. The molecule has 1 heterocycles. The molecule has 1 rings (SSSR count). The van der Waals surface area contributed by atoms with Crippen molar-refractivity contribution in [2.24, 2.45) is 12.8 Å². The molecule has 0 aromatic carbocycles. The molecular formula is C25H43N2O2+. The summed E-state index contributed by atoms with van der Waals surface area (Å²) >= 11 is 0. The van der Waals surface area contributed by atoms with Crippen LogP contribution in [0.25, 0.3) is 0 Å². The van der Waals surface area contributed by atoms with Gasteiger partial charge in [-0.25, -0.2) is 0 Å². The summed E-state index contributed by atoms with van der Waals surface area (Å²) in [6.07, 6.45) is 21.8. The number of ketones is 1. The lowest BCUT2D eigenvalue weighted by atomic mass is 10.0. The minimum atomic E-state index is -0.548. The molecule has 2 N–H and O–H groups in total. The van der Waals surface area contributed by atoms with Crippen LogP contribution in [-0.4, -0.2) is 11.7 Å². The van der Waals surface area contributed by atoms with E-state index in [1.165, 1.54) is 83.5 Å². The third-order valence-corrected chi connectivity index (χ3v) is 5.72. The normalized spacial score (nSPS) is 11.0. The molecule has 0 radical (unpaired) electrons. The number of aromatic nitrogens is 1. The van der Waals surface area contributed by atoms with Crippen molar-refractivity contribution in [3.8, 4) is 0 Å². The zero-order valence-corrected chi connectivity index (χ0v) is 18.9. The molecule has 4 nitrogen and oxygen atoms in total. The van der Waals surface area contributed by atoms with E-state index < -0.39 is 5.91 Å². The molecular weight excluding hydrogens is 360 g/mol. The van der Waals surface area contributed by atoms with Gasteiger partial charge in [-0.1, -0.05) is 96.8 Å². The van der Waals surface area contributed by atoms with Gasteiger partial charge in [-0.2, -0.15) is 4.57 Å². The number of pyridine rings is 1. The molecule has 0 aliphatic rings. The highest BCUT2D eigenvalue weighted by Crippen LogP contribution is 2.15. The first-order chi connectivity index (χ1) is 14.1. The van der Waals surface area contributed by atoms with Gasteiger partial charge in [0.2, 0.25) is 0 Å². The predicted molar refractivity (Wildman–Crippen MR) is 120 cm³/mol. The van der Waals surface area contributed by atoms with Crippen LogP contribution in [0.15, 0.2) is 18.3 Å². The molecule has 1 aromatic rings. The molecule has 0 saturated heterocycles. The SMILES string of the molecule is CCCCCCCCCCCCCCCCCC(=O)c1ccc[n+](C)c1C(N)=O. The van der Waals surface area contributed by atoms with E-state index in [4.69, 9.17) is 5.73 Å². The molecule has 4 heteroatoms. The maximum atomic E-state index is 12.4. The number of rotatable bonds is 18. The lowest BCUT2D eigenvalue weighted by Gasteiger charge is -2.05. The maximum absolute atomic E-state index is 12.4. The van der Waals surface area contributed by atoms with Gasteiger partial charge in [0.25, 0.3) is 5.69 Å². The molecule has 29 heavy (non-hydrogen) atoms. The number of hydrogen-bond donors (Lipinski definition) is 1. The van der Waals surface area contributed by atoms with Crippen LogP contribution in [0.2, 0.25) is 0 Å². The summed E-state index contributed by atoms with van der Waals surface area (Å²) in [4.78, 5) is 24.0. The molecule has 1 aromatic heterocycles. The average molecular weight is 404 g/mol. The topological polar surface area (TPSA) is 64.0 Å². The van der Waals surface area contributed by atoms with Crippen molar-refractivity contribution in [3.63, 3.8) is 0 Å². The van der Waals surface area contributed by atoms with E-state index in [0.29, 0.717) is 17.7 Å². The Morgan fingerprint density at radius 2 is 1.24 bits per heavy atom. The van der Waals surface area contributed by atoms with Crippen molar-refractivity contribution in [2.75, 3.05) is 0 Å². The molecule has 0 bridgehead atoms. The Balaban J connectivity index is 2.01. The van der Waals surface area contributed by atoms with Crippen LogP contribution < -0.4 is 10.3 Å². The van der Waals surface area contributed by atoms with E-state index in [2.05, 4.69) is 6.92 Å². The van der Waals surface area contributed by atoms with E-state index in [-0.39, 0.29) is 5.78 Å². The van der Waals surface area contributed by atoms with Crippen LogP contribution in [0, 0.1) is 0 Å². The number of unbranched alkanes of at least 4 members (excludes halogenated alkanes) is 14. The first-order valence-corrected chi connectivity index (χ1v) is 11.9. The van der Waals surface area contributed by atoms with Crippen molar-refractivity contribution in [2.45, 2.75) is 110 Å². The van der Waals surface area contributed by atoms with Crippen molar-refractivity contribution in [1.82, 2.24) is 0 Å². The second-order valence-corrected chi connectivity index (χ2v) is 8.37. The van der Waals surface area contributed by atoms with Crippen LogP contribution in [0.5, 0.6) is 0 Å². The number of primary amides is 1. The third kappa shape index (κ3) is 11.2. The van der Waals surface area contributed by atoms with Crippen LogP contribution in [0.3, 0.4) is 0 Å². The highest BCUT2D eigenvalue weighted by Gasteiger charge is 2.23. The summed E-state index contributed by atoms with van der Waals surface area (Å²) < 4.78 is 1.63. The quantitative estimate of drug-likeness (QED) is 0.184. The first kappa shape index (κ1) is 25.3. The van der Waals surface area contributed by atoms with Gasteiger partial charge in [-0.05, 0) is 12.5 Å². The number of nitrogens with zero attached hydrogens (tertiary/aromatic N) is 1. The molecule has 0 fully saturated rings. The first-order valence-electron chi connectivity index (χ1n) is 11.9. The van der Waals surface area contributed by atoms with Gasteiger partial charge < -0.3 is 5.73 Å². The maximum Gasteiger partial charge on any atom is 0.314 e. The number of aryl methyl sites for hydroxylation is 1. The third-order valence-electron chi connectivity index (χ3n) is 5.72. The van der Waals surface area contributed by atoms with E-state index in [0.717, 1.165) is 12.8 Å². The summed E-state index contributed by atoms with van der Waals surface area (Å²) in [5, 5.41) is 0. The Morgan fingerprint density at radius 3 is 1.69 bits per heavy atom. The molecule has 164 valence electrons. The number of hydrogen-bond acceptors (Lipinski definition) is 2. The van der Waals surface area contributed by atoms with Crippen molar-refractivity contribution >= 4 is 11.7 Å². The van der Waals surface area contributed by atoms with Crippen LogP contribution in [-0.2, 0) is 7.05 Å². The summed E-state index contributed by atoms with van der Waals surface area (Å²) in [5.41, 5.74) is 6.18. The number of Topliss-reactive ketones (excluding diaryl/α,β-unsaturated/α-hetero) is 1. The molecule has 0 aliphatic carbocycles. The molecule has 0 aliphatic heterocycles. The standard InChI is InChI=1S/C25H42N2O2/c1-3-4-5-6-7-8-9-10-11-12-13-14-15-16-17-20-23(28)22-19-18-21-27(2)24(22)25(26)29/h18-19,21H,3-17,20H2,1-2H3,(H-,26,29)/p+1. The number of nitrogens with two attached hydrogens (primary N) is 1. The molecule has 0 atom stereocenters. The largest absolute Gasteiger partial charge is 0.360 e. The van der Waals surface area contributed by atoms with Gasteiger partial charge in [-0.15, -0.1) is 0 Å².